The van der Waals surface area contributed by atoms with E-state index in [4.69, 9.17) is 0 Å². The number of rotatable bonds is 3. The molecule has 0 aliphatic carbocycles. The first-order valence-electron chi connectivity index (χ1n) is 5.82. The lowest BCUT2D eigenvalue weighted by Crippen LogP contribution is -2.45. The standard InChI is InChI=1S/C12H15BrF2N2O/c13-8-5-9(12(18)10(15)6-8)11(7-14)17-3-1-16-2-4-17/h5-6,11,16,18H,1-4,7H2/t11-/m1/s1. The van der Waals surface area contributed by atoms with Crippen LogP contribution >= 0.6 is 15.9 Å². The van der Waals surface area contributed by atoms with E-state index in [-0.39, 0.29) is 0 Å². The van der Waals surface area contributed by atoms with Gasteiger partial charge in [-0.05, 0) is 12.1 Å². The second kappa shape index (κ2) is 5.95. The summed E-state index contributed by atoms with van der Waals surface area (Å²) in [5.41, 5.74) is 0.297. The fourth-order valence-electron chi connectivity index (χ4n) is 2.21. The number of halogens is 3. The summed E-state index contributed by atoms with van der Waals surface area (Å²) < 4.78 is 27.2. The smallest absolute Gasteiger partial charge is 0.166 e. The van der Waals surface area contributed by atoms with E-state index < -0.39 is 24.3 Å². The highest BCUT2D eigenvalue weighted by atomic mass is 79.9. The van der Waals surface area contributed by atoms with Gasteiger partial charge in [0, 0.05) is 36.2 Å². The van der Waals surface area contributed by atoms with Crippen molar-refractivity contribution in [3.63, 3.8) is 0 Å². The van der Waals surface area contributed by atoms with Gasteiger partial charge in [0.1, 0.15) is 6.67 Å². The van der Waals surface area contributed by atoms with E-state index in [1.54, 1.807) is 6.07 Å². The molecule has 1 aliphatic rings. The summed E-state index contributed by atoms with van der Waals surface area (Å²) in [6.45, 7) is 2.26. The highest BCUT2D eigenvalue weighted by Gasteiger charge is 2.26. The van der Waals surface area contributed by atoms with Crippen molar-refractivity contribution in [3.05, 3.63) is 28.0 Å². The van der Waals surface area contributed by atoms with Crippen molar-refractivity contribution in [2.24, 2.45) is 0 Å². The predicted molar refractivity (Wildman–Crippen MR) is 68.9 cm³/mol. The molecule has 3 nitrogen and oxygen atoms in total. The van der Waals surface area contributed by atoms with Crippen molar-refractivity contribution in [1.29, 1.82) is 0 Å². The molecule has 1 aliphatic heterocycles. The molecule has 0 amide bonds. The average Bonchev–Trinajstić information content (AvgIpc) is 2.37. The highest BCUT2D eigenvalue weighted by molar-refractivity contribution is 9.10. The minimum absolute atomic E-state index is 0.297. The number of alkyl halides is 1. The summed E-state index contributed by atoms with van der Waals surface area (Å²) in [4.78, 5) is 1.91. The van der Waals surface area contributed by atoms with Gasteiger partial charge >= 0.3 is 0 Å². The summed E-state index contributed by atoms with van der Waals surface area (Å²) in [6.07, 6.45) is 0. The molecule has 0 bridgehead atoms. The monoisotopic (exact) mass is 320 g/mol. The van der Waals surface area contributed by atoms with Crippen LogP contribution in [0.2, 0.25) is 0 Å². The van der Waals surface area contributed by atoms with Gasteiger partial charge in [-0.1, -0.05) is 15.9 Å². The number of phenols is 1. The Bertz CT molecular complexity index is 425. The minimum Gasteiger partial charge on any atom is -0.505 e. The molecule has 0 spiro atoms. The fraction of sp³-hybridized carbons (Fsp3) is 0.500. The van der Waals surface area contributed by atoms with E-state index in [0.717, 1.165) is 13.1 Å². The topological polar surface area (TPSA) is 35.5 Å². The van der Waals surface area contributed by atoms with Crippen molar-refractivity contribution in [2.45, 2.75) is 6.04 Å². The molecule has 0 saturated carbocycles. The van der Waals surface area contributed by atoms with Gasteiger partial charge in [-0.25, -0.2) is 8.78 Å². The van der Waals surface area contributed by atoms with Crippen LogP contribution in [-0.2, 0) is 0 Å². The maximum absolute atomic E-state index is 13.5. The zero-order valence-corrected chi connectivity index (χ0v) is 11.4. The molecule has 1 atom stereocenters. The van der Waals surface area contributed by atoms with Crippen LogP contribution in [-0.4, -0.2) is 42.9 Å². The summed E-state index contributed by atoms with van der Waals surface area (Å²) in [5, 5.41) is 12.9. The first-order chi connectivity index (χ1) is 8.63. The molecule has 2 rings (SSSR count). The van der Waals surface area contributed by atoms with Crippen molar-refractivity contribution in [1.82, 2.24) is 10.2 Å². The first kappa shape index (κ1) is 13.7. The Morgan fingerprint density at radius 3 is 2.67 bits per heavy atom. The Morgan fingerprint density at radius 1 is 1.39 bits per heavy atom. The maximum atomic E-state index is 13.5. The van der Waals surface area contributed by atoms with Gasteiger partial charge in [0.05, 0.1) is 6.04 Å². The van der Waals surface area contributed by atoms with E-state index >= 15 is 0 Å². The summed E-state index contributed by atoms with van der Waals surface area (Å²) in [7, 11) is 0. The number of hydrogen-bond acceptors (Lipinski definition) is 3. The van der Waals surface area contributed by atoms with Gasteiger partial charge in [-0.15, -0.1) is 0 Å². The molecule has 1 aromatic rings. The lowest BCUT2D eigenvalue weighted by Gasteiger charge is -2.34. The maximum Gasteiger partial charge on any atom is 0.166 e. The number of nitrogens with zero attached hydrogens (tertiary/aromatic N) is 1. The SMILES string of the molecule is Oc1c(F)cc(Br)cc1[C@@H](CF)N1CCNCC1. The third-order valence-corrected chi connectivity index (χ3v) is 3.61. The second-order valence-corrected chi connectivity index (χ2v) is 5.20. The number of benzene rings is 1. The molecule has 18 heavy (non-hydrogen) atoms. The van der Waals surface area contributed by atoms with Crippen LogP contribution in [0.4, 0.5) is 8.78 Å². The zero-order chi connectivity index (χ0) is 13.1. The van der Waals surface area contributed by atoms with Gasteiger partial charge < -0.3 is 10.4 Å². The van der Waals surface area contributed by atoms with Gasteiger partial charge in [-0.2, -0.15) is 0 Å². The van der Waals surface area contributed by atoms with E-state index in [1.807, 2.05) is 4.90 Å². The van der Waals surface area contributed by atoms with Crippen LogP contribution in [0.15, 0.2) is 16.6 Å². The molecule has 1 heterocycles. The predicted octanol–water partition coefficient (Wildman–Crippen LogP) is 2.21. The highest BCUT2D eigenvalue weighted by Crippen LogP contribution is 2.34. The second-order valence-electron chi connectivity index (χ2n) is 4.28. The Kier molecular flexibility index (Phi) is 4.53. The van der Waals surface area contributed by atoms with Gasteiger partial charge in [0.15, 0.2) is 11.6 Å². The van der Waals surface area contributed by atoms with Crippen molar-refractivity contribution in [3.8, 4) is 5.75 Å². The Labute approximate surface area is 113 Å². The quantitative estimate of drug-likeness (QED) is 0.896. The van der Waals surface area contributed by atoms with E-state index in [1.165, 1.54) is 6.07 Å². The molecular weight excluding hydrogens is 306 g/mol. The molecule has 0 aromatic heterocycles. The molecule has 0 unspecified atom stereocenters. The molecule has 1 fully saturated rings. The average molecular weight is 321 g/mol. The minimum atomic E-state index is -0.729. The Morgan fingerprint density at radius 2 is 2.06 bits per heavy atom. The fourth-order valence-corrected chi connectivity index (χ4v) is 2.66. The molecule has 1 aromatic carbocycles. The van der Waals surface area contributed by atoms with Crippen molar-refractivity contribution < 1.29 is 13.9 Å². The van der Waals surface area contributed by atoms with Crippen LogP contribution in [0.5, 0.6) is 5.75 Å². The number of piperazine rings is 1. The van der Waals surface area contributed by atoms with E-state index in [2.05, 4.69) is 21.2 Å². The van der Waals surface area contributed by atoms with E-state index in [9.17, 15) is 13.9 Å². The molecular formula is C12H15BrF2N2O. The molecule has 2 N–H and O–H groups in total. The third kappa shape index (κ3) is 2.81. The number of hydrogen-bond donors (Lipinski definition) is 2. The van der Waals surface area contributed by atoms with Crippen molar-refractivity contribution in [2.75, 3.05) is 32.9 Å². The Balaban J connectivity index is 2.31. The zero-order valence-electron chi connectivity index (χ0n) is 9.80. The van der Waals surface area contributed by atoms with Gasteiger partial charge in [0.2, 0.25) is 0 Å². The first-order valence-corrected chi connectivity index (χ1v) is 6.61. The van der Waals surface area contributed by atoms with Crippen LogP contribution in [0.25, 0.3) is 0 Å². The van der Waals surface area contributed by atoms with Crippen LogP contribution in [0.3, 0.4) is 0 Å². The Hall–Kier alpha value is -0.720. The molecule has 1 saturated heterocycles. The lowest BCUT2D eigenvalue weighted by molar-refractivity contribution is 0.144. The molecule has 100 valence electrons. The van der Waals surface area contributed by atoms with Gasteiger partial charge in [0.25, 0.3) is 0 Å². The largest absolute Gasteiger partial charge is 0.505 e. The van der Waals surface area contributed by atoms with Gasteiger partial charge in [-0.3, -0.25) is 4.90 Å². The normalized spacial score (nSPS) is 18.8. The lowest BCUT2D eigenvalue weighted by atomic mass is 10.0. The van der Waals surface area contributed by atoms with Crippen LogP contribution in [0.1, 0.15) is 11.6 Å². The van der Waals surface area contributed by atoms with Crippen molar-refractivity contribution >= 4 is 15.9 Å². The third-order valence-electron chi connectivity index (χ3n) is 3.16. The summed E-state index contributed by atoms with van der Waals surface area (Å²) >= 11 is 3.16. The molecule has 6 heteroatoms. The summed E-state index contributed by atoms with van der Waals surface area (Å²) in [5.74, 6) is -1.19. The van der Waals surface area contributed by atoms with Crippen LogP contribution in [0, 0.1) is 5.82 Å². The summed E-state index contributed by atoms with van der Waals surface area (Å²) in [6, 6.07) is 2.15. The number of aromatic hydroxyl groups is 1. The van der Waals surface area contributed by atoms with Crippen LogP contribution < -0.4 is 5.32 Å². The van der Waals surface area contributed by atoms with E-state index in [0.29, 0.717) is 23.1 Å². The molecule has 0 radical (unpaired) electrons. The number of nitrogens with one attached hydrogen (secondary N) is 1. The number of phenolic OH excluding ortho intramolecular Hbond substituents is 1.